The number of hydrogen-bond donors (Lipinski definition) is 2. The maximum absolute atomic E-state index is 11.6. The zero-order valence-corrected chi connectivity index (χ0v) is 12.5. The van der Waals surface area contributed by atoms with Gasteiger partial charge in [-0.25, -0.2) is 0 Å². The number of halogens is 1. The molecule has 18 heavy (non-hydrogen) atoms. The number of rotatable bonds is 6. The highest BCUT2D eigenvalue weighted by Crippen LogP contribution is 2.28. The summed E-state index contributed by atoms with van der Waals surface area (Å²) in [5, 5.41) is 3.17. The molecule has 0 bridgehead atoms. The van der Waals surface area contributed by atoms with E-state index in [0.29, 0.717) is 18.3 Å². The summed E-state index contributed by atoms with van der Waals surface area (Å²) >= 11 is 5.02. The Balaban J connectivity index is 1.84. The van der Waals surface area contributed by atoms with Crippen molar-refractivity contribution in [1.29, 1.82) is 0 Å². The van der Waals surface area contributed by atoms with Crippen LogP contribution >= 0.6 is 27.7 Å². The molecule has 3 N–H and O–H groups in total. The molecule has 3 nitrogen and oxygen atoms in total. The molecule has 1 fully saturated rings. The number of carbonyl (C=O) groups is 1. The van der Waals surface area contributed by atoms with Gasteiger partial charge >= 0.3 is 0 Å². The molecular weight excluding hydrogens is 312 g/mol. The first-order chi connectivity index (χ1) is 8.69. The monoisotopic (exact) mass is 328 g/mol. The Morgan fingerprint density at radius 1 is 1.44 bits per heavy atom. The molecule has 0 radical (unpaired) electrons. The molecule has 1 aliphatic carbocycles. The third kappa shape index (κ3) is 4.30. The quantitative estimate of drug-likeness (QED) is 0.843. The van der Waals surface area contributed by atoms with Crippen molar-refractivity contribution in [3.63, 3.8) is 0 Å². The van der Waals surface area contributed by atoms with E-state index in [1.165, 1.54) is 5.56 Å². The third-order valence-corrected chi connectivity index (χ3v) is 4.64. The Morgan fingerprint density at radius 2 is 2.11 bits per heavy atom. The van der Waals surface area contributed by atoms with E-state index in [1.54, 1.807) is 11.8 Å². The van der Waals surface area contributed by atoms with Crippen molar-refractivity contribution in [3.8, 4) is 0 Å². The minimum Gasteiger partial charge on any atom is -0.353 e. The van der Waals surface area contributed by atoms with Gasteiger partial charge in [0.15, 0.2) is 0 Å². The van der Waals surface area contributed by atoms with Crippen LogP contribution in [0.1, 0.15) is 23.7 Å². The summed E-state index contributed by atoms with van der Waals surface area (Å²) in [7, 11) is 0. The molecule has 0 saturated heterocycles. The average molecular weight is 329 g/mol. The molecule has 1 aliphatic rings. The molecule has 98 valence electrons. The molecule has 0 spiro atoms. The molecule has 2 rings (SSSR count). The Kier molecular flexibility index (Phi) is 5.09. The van der Waals surface area contributed by atoms with Crippen LogP contribution < -0.4 is 11.1 Å². The first kappa shape index (κ1) is 13.9. The van der Waals surface area contributed by atoms with Gasteiger partial charge in [0.25, 0.3) is 0 Å². The topological polar surface area (TPSA) is 55.1 Å². The summed E-state index contributed by atoms with van der Waals surface area (Å²) in [4.78, 5) is 11.6. The second-order valence-corrected chi connectivity index (χ2v) is 6.54. The van der Waals surface area contributed by atoms with Gasteiger partial charge in [0.05, 0.1) is 5.75 Å². The van der Waals surface area contributed by atoms with Gasteiger partial charge < -0.3 is 11.1 Å². The van der Waals surface area contributed by atoms with Crippen LogP contribution in [-0.2, 0) is 4.79 Å². The average Bonchev–Trinajstić information content (AvgIpc) is 3.16. The fraction of sp³-hybridized carbons (Fsp3) is 0.462. The van der Waals surface area contributed by atoms with Gasteiger partial charge in [-0.2, -0.15) is 0 Å². The van der Waals surface area contributed by atoms with Gasteiger partial charge in [-0.15, -0.1) is 11.8 Å². The summed E-state index contributed by atoms with van der Waals surface area (Å²) in [5.41, 5.74) is 6.95. The second kappa shape index (κ2) is 6.59. The van der Waals surface area contributed by atoms with Crippen molar-refractivity contribution in [2.24, 2.45) is 5.73 Å². The van der Waals surface area contributed by atoms with E-state index in [4.69, 9.17) is 5.73 Å². The van der Waals surface area contributed by atoms with Crippen molar-refractivity contribution in [3.05, 3.63) is 34.3 Å². The smallest absolute Gasteiger partial charge is 0.230 e. The van der Waals surface area contributed by atoms with E-state index in [1.807, 2.05) is 24.3 Å². The Bertz CT molecular complexity index is 406. The van der Waals surface area contributed by atoms with Crippen LogP contribution in [0.4, 0.5) is 0 Å². The molecule has 1 aromatic rings. The van der Waals surface area contributed by atoms with Gasteiger partial charge in [0.1, 0.15) is 0 Å². The molecule has 1 saturated carbocycles. The molecule has 1 aromatic carbocycles. The molecule has 1 amide bonds. The lowest BCUT2D eigenvalue weighted by Crippen LogP contribution is -2.27. The standard InChI is InChI=1S/C13H17BrN2OS/c14-10-3-1-9(2-4-10)12(7-15)18-8-13(17)16-11-5-6-11/h1-4,11-12H,5-8,15H2,(H,16,17). The molecule has 0 aromatic heterocycles. The van der Waals surface area contributed by atoms with E-state index in [2.05, 4.69) is 21.2 Å². The molecule has 1 atom stereocenters. The molecule has 5 heteroatoms. The largest absolute Gasteiger partial charge is 0.353 e. The van der Waals surface area contributed by atoms with E-state index in [-0.39, 0.29) is 11.2 Å². The normalized spacial score (nSPS) is 16.3. The highest BCUT2D eigenvalue weighted by molar-refractivity contribution is 9.10. The first-order valence-electron chi connectivity index (χ1n) is 6.05. The Morgan fingerprint density at radius 3 is 2.67 bits per heavy atom. The number of thioether (sulfide) groups is 1. The summed E-state index contributed by atoms with van der Waals surface area (Å²) in [6, 6.07) is 8.54. The molecule has 0 aliphatic heterocycles. The number of nitrogens with two attached hydrogens (primary N) is 1. The van der Waals surface area contributed by atoms with Crippen LogP contribution in [0.15, 0.2) is 28.7 Å². The molecule has 0 heterocycles. The number of benzene rings is 1. The second-order valence-electron chi connectivity index (χ2n) is 4.43. The van der Waals surface area contributed by atoms with Crippen molar-refractivity contribution in [2.45, 2.75) is 24.1 Å². The van der Waals surface area contributed by atoms with Gasteiger partial charge in [0, 0.05) is 22.3 Å². The lowest BCUT2D eigenvalue weighted by molar-refractivity contribution is -0.118. The Hall–Kier alpha value is -0.520. The van der Waals surface area contributed by atoms with E-state index in [9.17, 15) is 4.79 Å². The summed E-state index contributed by atoms with van der Waals surface area (Å²) in [5.74, 6) is 0.604. The maximum Gasteiger partial charge on any atom is 0.230 e. The van der Waals surface area contributed by atoms with Crippen LogP contribution in [-0.4, -0.2) is 24.2 Å². The predicted molar refractivity (Wildman–Crippen MR) is 79.6 cm³/mol. The van der Waals surface area contributed by atoms with Gasteiger partial charge in [-0.05, 0) is 30.5 Å². The van der Waals surface area contributed by atoms with Crippen molar-refractivity contribution < 1.29 is 4.79 Å². The zero-order chi connectivity index (χ0) is 13.0. The highest BCUT2D eigenvalue weighted by Gasteiger charge is 2.23. The summed E-state index contributed by atoms with van der Waals surface area (Å²) in [6.45, 7) is 0.545. The number of nitrogens with one attached hydrogen (secondary N) is 1. The maximum atomic E-state index is 11.6. The van der Waals surface area contributed by atoms with Gasteiger partial charge in [-0.1, -0.05) is 28.1 Å². The van der Waals surface area contributed by atoms with Gasteiger partial charge in [0.2, 0.25) is 5.91 Å². The lowest BCUT2D eigenvalue weighted by atomic mass is 10.1. The lowest BCUT2D eigenvalue weighted by Gasteiger charge is -2.14. The van der Waals surface area contributed by atoms with Crippen LogP contribution in [0, 0.1) is 0 Å². The van der Waals surface area contributed by atoms with E-state index >= 15 is 0 Å². The minimum atomic E-state index is 0.123. The fourth-order valence-corrected chi connectivity index (χ4v) is 2.84. The van der Waals surface area contributed by atoms with Crippen LogP contribution in [0.5, 0.6) is 0 Å². The SMILES string of the molecule is NCC(SCC(=O)NC1CC1)c1ccc(Br)cc1. The van der Waals surface area contributed by atoms with Crippen molar-refractivity contribution in [1.82, 2.24) is 5.32 Å². The van der Waals surface area contributed by atoms with Crippen LogP contribution in [0.2, 0.25) is 0 Å². The fourth-order valence-electron chi connectivity index (χ4n) is 1.65. The number of hydrogen-bond acceptors (Lipinski definition) is 3. The third-order valence-electron chi connectivity index (χ3n) is 2.81. The first-order valence-corrected chi connectivity index (χ1v) is 7.89. The van der Waals surface area contributed by atoms with E-state index < -0.39 is 0 Å². The summed E-state index contributed by atoms with van der Waals surface area (Å²) in [6.07, 6.45) is 2.26. The number of amides is 1. The van der Waals surface area contributed by atoms with Crippen LogP contribution in [0.25, 0.3) is 0 Å². The van der Waals surface area contributed by atoms with Crippen molar-refractivity contribution in [2.75, 3.05) is 12.3 Å². The summed E-state index contributed by atoms with van der Waals surface area (Å²) < 4.78 is 1.05. The zero-order valence-electron chi connectivity index (χ0n) is 10.1. The van der Waals surface area contributed by atoms with Crippen LogP contribution in [0.3, 0.4) is 0 Å². The predicted octanol–water partition coefficient (Wildman–Crippen LogP) is 2.46. The highest BCUT2D eigenvalue weighted by atomic mass is 79.9. The van der Waals surface area contributed by atoms with Gasteiger partial charge in [-0.3, -0.25) is 4.79 Å². The van der Waals surface area contributed by atoms with E-state index in [0.717, 1.165) is 17.3 Å². The minimum absolute atomic E-state index is 0.123. The number of carbonyl (C=O) groups excluding carboxylic acids is 1. The Labute approximate surface area is 120 Å². The van der Waals surface area contributed by atoms with Crippen molar-refractivity contribution >= 4 is 33.6 Å². The molecule has 1 unspecified atom stereocenters. The molecular formula is C13H17BrN2OS.